The van der Waals surface area contributed by atoms with Gasteiger partial charge >= 0.3 is 0 Å². The summed E-state index contributed by atoms with van der Waals surface area (Å²) in [5.41, 5.74) is 6.49. The summed E-state index contributed by atoms with van der Waals surface area (Å²) in [4.78, 5) is 9.05. The topological polar surface area (TPSA) is 25.8 Å². The highest BCUT2D eigenvalue weighted by atomic mass is 14.8. The van der Waals surface area contributed by atoms with Crippen molar-refractivity contribution in [3.63, 3.8) is 0 Å². The van der Waals surface area contributed by atoms with Gasteiger partial charge in [0, 0.05) is 11.1 Å². The molecule has 0 aliphatic carbocycles. The molecule has 0 unspecified atom stereocenters. The van der Waals surface area contributed by atoms with Gasteiger partial charge in [-0.3, -0.25) is 4.98 Å². The van der Waals surface area contributed by atoms with Crippen LogP contribution in [0.15, 0.2) is 60.9 Å². The molecule has 1 heterocycles. The predicted octanol–water partition coefficient (Wildman–Crippen LogP) is 4.43. The molecule has 0 saturated heterocycles. The van der Waals surface area contributed by atoms with E-state index in [9.17, 15) is 0 Å². The molecule has 0 fully saturated rings. The lowest BCUT2D eigenvalue weighted by Crippen LogP contribution is -1.90. The highest BCUT2D eigenvalue weighted by Gasteiger charge is 2.04. The van der Waals surface area contributed by atoms with Crippen molar-refractivity contribution in [1.82, 2.24) is 9.97 Å². The van der Waals surface area contributed by atoms with Crippen LogP contribution in [-0.2, 0) is 0 Å². The van der Waals surface area contributed by atoms with E-state index in [1.165, 1.54) is 11.1 Å². The van der Waals surface area contributed by atoms with Gasteiger partial charge in [-0.05, 0) is 19.9 Å². The minimum Gasteiger partial charge on any atom is -0.260 e. The summed E-state index contributed by atoms with van der Waals surface area (Å²) in [6.45, 7) is 4.17. The maximum Gasteiger partial charge on any atom is 0.0892 e. The Bertz CT molecular complexity index is 730. The molecule has 2 aromatic carbocycles. The molecule has 0 saturated carbocycles. The zero-order chi connectivity index (χ0) is 13.9. The second-order valence-corrected chi connectivity index (χ2v) is 5.03. The van der Waals surface area contributed by atoms with Gasteiger partial charge in [-0.15, -0.1) is 0 Å². The molecule has 1 aromatic heterocycles. The molecule has 2 heteroatoms. The first kappa shape index (κ1) is 12.5. The van der Waals surface area contributed by atoms with Crippen molar-refractivity contribution in [2.45, 2.75) is 13.8 Å². The Morgan fingerprint density at radius 2 is 1.40 bits per heavy atom. The third kappa shape index (κ3) is 2.59. The van der Waals surface area contributed by atoms with E-state index in [2.05, 4.69) is 61.3 Å². The van der Waals surface area contributed by atoms with Crippen molar-refractivity contribution >= 4 is 0 Å². The number of aromatic nitrogens is 2. The number of nitrogens with zero attached hydrogens (tertiary/aromatic N) is 2. The van der Waals surface area contributed by atoms with E-state index >= 15 is 0 Å². The Hall–Kier alpha value is -2.48. The van der Waals surface area contributed by atoms with E-state index in [-0.39, 0.29) is 0 Å². The highest BCUT2D eigenvalue weighted by molar-refractivity contribution is 5.65. The first-order valence-electron chi connectivity index (χ1n) is 6.68. The van der Waals surface area contributed by atoms with Crippen LogP contribution < -0.4 is 0 Å². The summed E-state index contributed by atoms with van der Waals surface area (Å²) in [6.07, 6.45) is 3.62. The molecule has 98 valence electrons. The standard InChI is InChI=1S/C18H16N2/c1-13-6-8-15(9-7-13)17-11-19-12-18(20-17)16-5-3-4-14(2)10-16/h3-12H,1-2H3. The van der Waals surface area contributed by atoms with E-state index in [0.29, 0.717) is 0 Å². The normalized spacial score (nSPS) is 10.5. The second kappa shape index (κ2) is 5.25. The lowest BCUT2D eigenvalue weighted by molar-refractivity contribution is 1.21. The average molecular weight is 260 g/mol. The molecule has 0 bridgehead atoms. The summed E-state index contributed by atoms with van der Waals surface area (Å²) in [6, 6.07) is 16.7. The van der Waals surface area contributed by atoms with Gasteiger partial charge < -0.3 is 0 Å². The van der Waals surface area contributed by atoms with Gasteiger partial charge in [0.25, 0.3) is 0 Å². The zero-order valence-corrected chi connectivity index (χ0v) is 11.7. The molecule has 0 atom stereocenters. The Morgan fingerprint density at radius 1 is 0.700 bits per heavy atom. The third-order valence-electron chi connectivity index (χ3n) is 3.30. The van der Waals surface area contributed by atoms with Gasteiger partial charge in [0.1, 0.15) is 0 Å². The van der Waals surface area contributed by atoms with Gasteiger partial charge in [-0.1, -0.05) is 53.6 Å². The van der Waals surface area contributed by atoms with E-state index in [4.69, 9.17) is 4.98 Å². The molecule has 3 rings (SSSR count). The number of benzene rings is 2. The van der Waals surface area contributed by atoms with Crippen LogP contribution >= 0.6 is 0 Å². The predicted molar refractivity (Wildman–Crippen MR) is 82.4 cm³/mol. The van der Waals surface area contributed by atoms with Crippen molar-refractivity contribution in [3.05, 3.63) is 72.1 Å². The minimum atomic E-state index is 0.906. The number of rotatable bonds is 2. The van der Waals surface area contributed by atoms with E-state index in [1.54, 1.807) is 0 Å². The molecule has 2 nitrogen and oxygen atoms in total. The lowest BCUT2D eigenvalue weighted by atomic mass is 10.1. The molecule has 0 amide bonds. The second-order valence-electron chi connectivity index (χ2n) is 5.03. The van der Waals surface area contributed by atoms with Crippen molar-refractivity contribution in [3.8, 4) is 22.5 Å². The van der Waals surface area contributed by atoms with Crippen LogP contribution in [0.1, 0.15) is 11.1 Å². The maximum absolute atomic E-state index is 4.72. The smallest absolute Gasteiger partial charge is 0.0892 e. The molecule has 0 radical (unpaired) electrons. The van der Waals surface area contributed by atoms with E-state index < -0.39 is 0 Å². The van der Waals surface area contributed by atoms with Gasteiger partial charge in [0.2, 0.25) is 0 Å². The summed E-state index contributed by atoms with van der Waals surface area (Å²) in [5.74, 6) is 0. The molecule has 0 N–H and O–H groups in total. The van der Waals surface area contributed by atoms with E-state index in [1.807, 2.05) is 18.5 Å². The first-order valence-corrected chi connectivity index (χ1v) is 6.68. The molecule has 0 spiro atoms. The molecule has 0 aliphatic heterocycles. The van der Waals surface area contributed by atoms with Crippen LogP contribution in [0.4, 0.5) is 0 Å². The molecule has 20 heavy (non-hydrogen) atoms. The van der Waals surface area contributed by atoms with Gasteiger partial charge in [-0.2, -0.15) is 0 Å². The molecule has 0 aliphatic rings. The monoisotopic (exact) mass is 260 g/mol. The number of hydrogen-bond donors (Lipinski definition) is 0. The minimum absolute atomic E-state index is 0.906. The van der Waals surface area contributed by atoms with Gasteiger partial charge in [-0.25, -0.2) is 4.98 Å². The fourth-order valence-electron chi connectivity index (χ4n) is 2.17. The summed E-state index contributed by atoms with van der Waals surface area (Å²) in [7, 11) is 0. The van der Waals surface area contributed by atoms with E-state index in [0.717, 1.165) is 22.5 Å². The average Bonchev–Trinajstić information content (AvgIpc) is 2.48. The molecule has 3 aromatic rings. The number of aryl methyl sites for hydroxylation is 2. The largest absolute Gasteiger partial charge is 0.260 e. The molecular formula is C18H16N2. The van der Waals surface area contributed by atoms with Crippen molar-refractivity contribution in [2.75, 3.05) is 0 Å². The molecular weight excluding hydrogens is 244 g/mol. The SMILES string of the molecule is Cc1ccc(-c2cncc(-c3cccc(C)c3)n2)cc1. The Balaban J connectivity index is 2.03. The van der Waals surface area contributed by atoms with Crippen LogP contribution in [-0.4, -0.2) is 9.97 Å². The quantitative estimate of drug-likeness (QED) is 0.681. The third-order valence-corrected chi connectivity index (χ3v) is 3.30. The zero-order valence-electron chi connectivity index (χ0n) is 11.7. The summed E-state index contributed by atoms with van der Waals surface area (Å²) in [5, 5.41) is 0. The van der Waals surface area contributed by atoms with Crippen LogP contribution in [0.2, 0.25) is 0 Å². The van der Waals surface area contributed by atoms with Crippen LogP contribution in [0.3, 0.4) is 0 Å². The lowest BCUT2D eigenvalue weighted by Gasteiger charge is -2.05. The van der Waals surface area contributed by atoms with Crippen molar-refractivity contribution < 1.29 is 0 Å². The Morgan fingerprint density at radius 3 is 2.10 bits per heavy atom. The Kier molecular flexibility index (Phi) is 3.30. The summed E-state index contributed by atoms with van der Waals surface area (Å²) < 4.78 is 0. The van der Waals surface area contributed by atoms with Crippen LogP contribution in [0.25, 0.3) is 22.5 Å². The first-order chi connectivity index (χ1) is 9.72. The van der Waals surface area contributed by atoms with Gasteiger partial charge in [0.05, 0.1) is 23.8 Å². The fraction of sp³-hybridized carbons (Fsp3) is 0.111. The highest BCUT2D eigenvalue weighted by Crippen LogP contribution is 2.22. The van der Waals surface area contributed by atoms with Crippen molar-refractivity contribution in [2.24, 2.45) is 0 Å². The Labute approximate surface area is 119 Å². The van der Waals surface area contributed by atoms with Crippen molar-refractivity contribution in [1.29, 1.82) is 0 Å². The number of hydrogen-bond acceptors (Lipinski definition) is 2. The fourth-order valence-corrected chi connectivity index (χ4v) is 2.17. The maximum atomic E-state index is 4.72. The van der Waals surface area contributed by atoms with Gasteiger partial charge in [0.15, 0.2) is 0 Å². The van der Waals surface area contributed by atoms with Crippen LogP contribution in [0.5, 0.6) is 0 Å². The van der Waals surface area contributed by atoms with Crippen LogP contribution in [0, 0.1) is 13.8 Å². The summed E-state index contributed by atoms with van der Waals surface area (Å²) >= 11 is 0.